The Hall–Kier alpha value is -0.870. The number of aromatic nitrogens is 2. The third-order valence-electron chi connectivity index (χ3n) is 2.92. The van der Waals surface area contributed by atoms with Crippen LogP contribution in [0, 0.1) is 0 Å². The van der Waals surface area contributed by atoms with Crippen molar-refractivity contribution in [2.75, 3.05) is 18.0 Å². The first kappa shape index (κ1) is 13.6. The summed E-state index contributed by atoms with van der Waals surface area (Å²) in [7, 11) is 0. The molecule has 0 bridgehead atoms. The van der Waals surface area contributed by atoms with Gasteiger partial charge in [0.2, 0.25) is 0 Å². The van der Waals surface area contributed by atoms with Crippen molar-refractivity contribution in [1.82, 2.24) is 9.97 Å². The van der Waals surface area contributed by atoms with E-state index in [1.165, 1.54) is 0 Å². The van der Waals surface area contributed by atoms with E-state index in [0.29, 0.717) is 17.6 Å². The number of hydrogen-bond donors (Lipinski definition) is 1. The zero-order chi connectivity index (χ0) is 13.3. The lowest BCUT2D eigenvalue weighted by atomic mass is 10.1. The number of likely N-dealkylation sites (N-methyl/N-ethyl adjacent to an activating group) is 1. The Bertz CT molecular complexity index is 427. The summed E-state index contributed by atoms with van der Waals surface area (Å²) in [5.41, 5.74) is -0.757. The zero-order valence-corrected chi connectivity index (χ0v) is 11.9. The van der Waals surface area contributed by atoms with Gasteiger partial charge in [-0.1, -0.05) is 11.6 Å². The molecule has 1 N–H and O–H groups in total. The van der Waals surface area contributed by atoms with Crippen molar-refractivity contribution in [3.05, 3.63) is 17.0 Å². The van der Waals surface area contributed by atoms with Crippen LogP contribution in [0.1, 0.15) is 45.4 Å². The molecule has 0 spiro atoms. The summed E-state index contributed by atoms with van der Waals surface area (Å²) in [5, 5.41) is 10.4. The highest BCUT2D eigenvalue weighted by atomic mass is 35.5. The Kier molecular flexibility index (Phi) is 3.78. The predicted molar refractivity (Wildman–Crippen MR) is 73.2 cm³/mol. The standard InChI is InChI=1S/C13H20ClN3O/c1-4-17(8-13(2,3)18)11-7-10(14)15-12(16-11)9-5-6-9/h7,9,18H,4-6,8H2,1-3H3. The quantitative estimate of drug-likeness (QED) is 0.835. The van der Waals surface area contributed by atoms with Crippen LogP contribution in [0.5, 0.6) is 0 Å². The zero-order valence-electron chi connectivity index (χ0n) is 11.1. The minimum absolute atomic E-state index is 0.475. The van der Waals surface area contributed by atoms with Crippen molar-refractivity contribution >= 4 is 17.4 Å². The molecule has 1 heterocycles. The van der Waals surface area contributed by atoms with Crippen LogP contribution in [0.15, 0.2) is 6.07 Å². The molecule has 1 aromatic rings. The Morgan fingerprint density at radius 3 is 2.61 bits per heavy atom. The van der Waals surface area contributed by atoms with Crippen LogP contribution in [-0.4, -0.2) is 33.8 Å². The van der Waals surface area contributed by atoms with E-state index in [1.54, 1.807) is 19.9 Å². The van der Waals surface area contributed by atoms with Crippen molar-refractivity contribution in [3.63, 3.8) is 0 Å². The van der Waals surface area contributed by atoms with E-state index in [0.717, 1.165) is 31.0 Å². The molecule has 4 nitrogen and oxygen atoms in total. The second kappa shape index (κ2) is 5.02. The fourth-order valence-electron chi connectivity index (χ4n) is 1.93. The lowest BCUT2D eigenvalue weighted by Crippen LogP contribution is -2.39. The molecule has 100 valence electrons. The Balaban J connectivity index is 2.24. The number of nitrogens with zero attached hydrogens (tertiary/aromatic N) is 3. The average molecular weight is 270 g/mol. The fraction of sp³-hybridized carbons (Fsp3) is 0.692. The second-order valence-corrected chi connectivity index (χ2v) is 5.90. The highest BCUT2D eigenvalue weighted by Crippen LogP contribution is 2.39. The first-order valence-electron chi connectivity index (χ1n) is 6.41. The highest BCUT2D eigenvalue weighted by molar-refractivity contribution is 6.29. The molecule has 1 fully saturated rings. The van der Waals surface area contributed by atoms with Crippen molar-refractivity contribution in [3.8, 4) is 0 Å². The Morgan fingerprint density at radius 1 is 1.44 bits per heavy atom. The van der Waals surface area contributed by atoms with Gasteiger partial charge in [-0.25, -0.2) is 9.97 Å². The van der Waals surface area contributed by atoms with Crippen LogP contribution in [-0.2, 0) is 0 Å². The lowest BCUT2D eigenvalue weighted by Gasteiger charge is -2.29. The molecule has 1 aliphatic rings. The maximum atomic E-state index is 9.92. The molecular formula is C13H20ClN3O. The molecule has 0 aromatic carbocycles. The van der Waals surface area contributed by atoms with Crippen LogP contribution in [0.4, 0.5) is 5.82 Å². The van der Waals surface area contributed by atoms with Gasteiger partial charge in [0.15, 0.2) is 0 Å². The predicted octanol–water partition coefficient (Wildman–Crippen LogP) is 2.60. The smallest absolute Gasteiger partial charge is 0.135 e. The summed E-state index contributed by atoms with van der Waals surface area (Å²) in [6.07, 6.45) is 2.30. The molecule has 0 aliphatic heterocycles. The van der Waals surface area contributed by atoms with E-state index in [9.17, 15) is 5.11 Å². The summed E-state index contributed by atoms with van der Waals surface area (Å²) in [6.45, 7) is 6.93. The normalized spacial score (nSPS) is 15.8. The van der Waals surface area contributed by atoms with Gasteiger partial charge in [-0.3, -0.25) is 0 Å². The highest BCUT2D eigenvalue weighted by Gasteiger charge is 2.28. The summed E-state index contributed by atoms with van der Waals surface area (Å²) >= 11 is 6.05. The van der Waals surface area contributed by atoms with Crippen molar-refractivity contribution in [1.29, 1.82) is 0 Å². The van der Waals surface area contributed by atoms with Gasteiger partial charge in [0.1, 0.15) is 16.8 Å². The molecule has 0 amide bonds. The SMILES string of the molecule is CCN(CC(C)(C)O)c1cc(Cl)nc(C2CC2)n1. The van der Waals surface area contributed by atoms with E-state index < -0.39 is 5.60 Å². The van der Waals surface area contributed by atoms with Gasteiger partial charge in [0, 0.05) is 25.1 Å². The minimum Gasteiger partial charge on any atom is -0.389 e. The molecule has 1 saturated carbocycles. The van der Waals surface area contributed by atoms with E-state index >= 15 is 0 Å². The summed E-state index contributed by atoms with van der Waals surface area (Å²) in [5.74, 6) is 2.12. The minimum atomic E-state index is -0.757. The Morgan fingerprint density at radius 2 is 2.11 bits per heavy atom. The molecule has 0 unspecified atom stereocenters. The molecule has 0 atom stereocenters. The molecule has 0 saturated heterocycles. The molecule has 1 aromatic heterocycles. The number of hydrogen-bond acceptors (Lipinski definition) is 4. The summed E-state index contributed by atoms with van der Waals surface area (Å²) in [4.78, 5) is 10.9. The third-order valence-corrected chi connectivity index (χ3v) is 3.12. The van der Waals surface area contributed by atoms with E-state index in [2.05, 4.69) is 9.97 Å². The first-order chi connectivity index (χ1) is 8.39. The second-order valence-electron chi connectivity index (χ2n) is 5.51. The van der Waals surface area contributed by atoms with Gasteiger partial charge < -0.3 is 10.0 Å². The van der Waals surface area contributed by atoms with Crippen LogP contribution in [0.3, 0.4) is 0 Å². The average Bonchev–Trinajstić information content (AvgIpc) is 3.07. The summed E-state index contributed by atoms with van der Waals surface area (Å²) in [6, 6.07) is 1.77. The van der Waals surface area contributed by atoms with Crippen LogP contribution < -0.4 is 4.90 Å². The number of aliphatic hydroxyl groups is 1. The van der Waals surface area contributed by atoms with Gasteiger partial charge in [-0.15, -0.1) is 0 Å². The van der Waals surface area contributed by atoms with Gasteiger partial charge >= 0.3 is 0 Å². The van der Waals surface area contributed by atoms with Gasteiger partial charge in [0.25, 0.3) is 0 Å². The van der Waals surface area contributed by atoms with Crippen molar-refractivity contribution in [2.45, 2.75) is 45.1 Å². The van der Waals surface area contributed by atoms with Gasteiger partial charge in [0.05, 0.1) is 5.60 Å². The molecule has 5 heteroatoms. The van der Waals surface area contributed by atoms with Crippen LogP contribution >= 0.6 is 11.6 Å². The molecular weight excluding hydrogens is 250 g/mol. The molecule has 2 rings (SSSR count). The molecule has 18 heavy (non-hydrogen) atoms. The number of rotatable bonds is 5. The Labute approximate surface area is 113 Å². The van der Waals surface area contributed by atoms with E-state index in [-0.39, 0.29) is 0 Å². The maximum Gasteiger partial charge on any atom is 0.135 e. The van der Waals surface area contributed by atoms with Crippen molar-refractivity contribution in [2.24, 2.45) is 0 Å². The fourth-order valence-corrected chi connectivity index (χ4v) is 2.12. The maximum absolute atomic E-state index is 9.92. The summed E-state index contributed by atoms with van der Waals surface area (Å²) < 4.78 is 0. The molecule has 0 radical (unpaired) electrons. The van der Waals surface area contributed by atoms with Crippen LogP contribution in [0.25, 0.3) is 0 Å². The number of anilines is 1. The van der Waals surface area contributed by atoms with Gasteiger partial charge in [-0.05, 0) is 33.6 Å². The molecule has 1 aliphatic carbocycles. The van der Waals surface area contributed by atoms with E-state index in [1.807, 2.05) is 11.8 Å². The van der Waals surface area contributed by atoms with Crippen LogP contribution in [0.2, 0.25) is 5.15 Å². The van der Waals surface area contributed by atoms with Gasteiger partial charge in [-0.2, -0.15) is 0 Å². The first-order valence-corrected chi connectivity index (χ1v) is 6.78. The monoisotopic (exact) mass is 269 g/mol. The largest absolute Gasteiger partial charge is 0.389 e. The topological polar surface area (TPSA) is 49.2 Å². The van der Waals surface area contributed by atoms with Crippen molar-refractivity contribution < 1.29 is 5.11 Å². The lowest BCUT2D eigenvalue weighted by molar-refractivity contribution is 0.0874. The third kappa shape index (κ3) is 3.56. The number of halogens is 1. The van der Waals surface area contributed by atoms with E-state index in [4.69, 9.17) is 11.6 Å².